The van der Waals surface area contributed by atoms with Crippen molar-refractivity contribution in [3.8, 4) is 0 Å². The van der Waals surface area contributed by atoms with Crippen LogP contribution in [-0.4, -0.2) is 67.4 Å². The predicted octanol–water partition coefficient (Wildman–Crippen LogP) is 2.25. The number of ether oxygens (including phenoxy) is 1. The monoisotopic (exact) mass is 381 g/mol. The van der Waals surface area contributed by atoms with Crippen molar-refractivity contribution in [3.05, 3.63) is 0 Å². The zero-order valence-corrected chi connectivity index (χ0v) is 16.7. The van der Waals surface area contributed by atoms with Crippen molar-refractivity contribution < 1.29 is 13.9 Å². The van der Waals surface area contributed by atoms with Crippen LogP contribution >= 0.6 is 0 Å². The minimum absolute atomic E-state index is 0.0145. The van der Waals surface area contributed by atoms with E-state index in [1.54, 1.807) is 0 Å². The van der Waals surface area contributed by atoms with Crippen LogP contribution in [0.1, 0.15) is 58.3 Å². The first-order valence-corrected chi connectivity index (χ1v) is 11.1. The first-order valence-electron chi connectivity index (χ1n) is 11.1. The van der Waals surface area contributed by atoms with Crippen molar-refractivity contribution in [2.45, 2.75) is 88.6 Å². The molecule has 4 rings (SSSR count). The van der Waals surface area contributed by atoms with Gasteiger partial charge < -0.3 is 15.4 Å². The normalized spacial score (nSPS) is 43.7. The van der Waals surface area contributed by atoms with E-state index >= 15 is 0 Å². The minimum atomic E-state index is -0.749. The Morgan fingerprint density at radius 3 is 2.85 bits per heavy atom. The average Bonchev–Trinajstić information content (AvgIpc) is 2.96. The molecule has 5 unspecified atom stereocenters. The zero-order valence-electron chi connectivity index (χ0n) is 16.7. The first kappa shape index (κ1) is 19.6. The molecule has 0 spiro atoms. The van der Waals surface area contributed by atoms with Crippen molar-refractivity contribution in [2.24, 2.45) is 11.8 Å². The summed E-state index contributed by atoms with van der Waals surface area (Å²) < 4.78 is 19.9. The van der Waals surface area contributed by atoms with Crippen molar-refractivity contribution in [2.75, 3.05) is 26.3 Å². The number of amides is 1. The minimum Gasteiger partial charge on any atom is -0.380 e. The van der Waals surface area contributed by atoms with Crippen LogP contribution in [-0.2, 0) is 9.53 Å². The van der Waals surface area contributed by atoms with Crippen molar-refractivity contribution in [1.82, 2.24) is 15.5 Å². The highest BCUT2D eigenvalue weighted by Gasteiger charge is 2.46. The molecule has 6 heteroatoms. The van der Waals surface area contributed by atoms with E-state index in [-0.39, 0.29) is 30.0 Å². The van der Waals surface area contributed by atoms with E-state index in [4.69, 9.17) is 4.74 Å². The number of hydrogen-bond acceptors (Lipinski definition) is 4. The number of carbonyl (C=O) groups excluding carboxylic acids is 1. The summed E-state index contributed by atoms with van der Waals surface area (Å²) in [5.41, 5.74) is 0. The van der Waals surface area contributed by atoms with Gasteiger partial charge in [-0.25, -0.2) is 4.39 Å². The molecule has 0 radical (unpaired) electrons. The lowest BCUT2D eigenvalue weighted by molar-refractivity contribution is -0.124. The molecule has 4 fully saturated rings. The number of rotatable bonds is 3. The van der Waals surface area contributed by atoms with Gasteiger partial charge in [-0.05, 0) is 57.3 Å². The summed E-state index contributed by atoms with van der Waals surface area (Å²) >= 11 is 0. The summed E-state index contributed by atoms with van der Waals surface area (Å²) in [7, 11) is 0. The molecular weight excluding hydrogens is 345 g/mol. The molecule has 0 aromatic heterocycles. The molecule has 2 aliphatic carbocycles. The summed E-state index contributed by atoms with van der Waals surface area (Å²) in [5.74, 6) is 0.568. The molecule has 0 aromatic rings. The van der Waals surface area contributed by atoms with E-state index in [2.05, 4.69) is 22.5 Å². The largest absolute Gasteiger partial charge is 0.380 e. The van der Waals surface area contributed by atoms with Gasteiger partial charge in [-0.15, -0.1) is 0 Å². The molecule has 0 bridgehead atoms. The second-order valence-electron chi connectivity index (χ2n) is 9.24. The predicted molar refractivity (Wildman–Crippen MR) is 103 cm³/mol. The maximum absolute atomic E-state index is 14.3. The molecule has 154 valence electrons. The Morgan fingerprint density at radius 1 is 1.11 bits per heavy atom. The highest BCUT2D eigenvalue weighted by Crippen LogP contribution is 2.38. The Morgan fingerprint density at radius 2 is 2.00 bits per heavy atom. The van der Waals surface area contributed by atoms with Crippen LogP contribution in [0.4, 0.5) is 4.39 Å². The lowest BCUT2D eigenvalue weighted by Gasteiger charge is -2.37. The van der Waals surface area contributed by atoms with Crippen LogP contribution in [0.2, 0.25) is 0 Å². The Bertz CT molecular complexity index is 494. The summed E-state index contributed by atoms with van der Waals surface area (Å²) in [6, 6.07) is 0.759. The Balaban J connectivity index is 1.30. The number of carbonyl (C=O) groups is 1. The molecule has 7 atom stereocenters. The fourth-order valence-corrected chi connectivity index (χ4v) is 5.86. The fourth-order valence-electron chi connectivity index (χ4n) is 5.86. The molecule has 0 aromatic carbocycles. The molecule has 2 N–H and O–H groups in total. The van der Waals surface area contributed by atoms with Crippen LogP contribution < -0.4 is 10.6 Å². The Kier molecular flexibility index (Phi) is 6.35. The molecule has 1 amide bonds. The fraction of sp³-hybridized carbons (Fsp3) is 0.952. The third-order valence-corrected chi connectivity index (χ3v) is 7.42. The molecule has 2 heterocycles. The molecular formula is C21H36FN3O2. The first-order chi connectivity index (χ1) is 13.1. The van der Waals surface area contributed by atoms with Gasteiger partial charge in [-0.2, -0.15) is 0 Å². The van der Waals surface area contributed by atoms with Crippen LogP contribution in [0.25, 0.3) is 0 Å². The summed E-state index contributed by atoms with van der Waals surface area (Å²) in [6.07, 6.45) is 7.07. The van der Waals surface area contributed by atoms with Crippen LogP contribution in [0, 0.1) is 11.8 Å². The smallest absolute Gasteiger partial charge is 0.237 e. The van der Waals surface area contributed by atoms with Crippen LogP contribution in [0.15, 0.2) is 0 Å². The quantitative estimate of drug-likeness (QED) is 0.787. The van der Waals surface area contributed by atoms with Gasteiger partial charge in [0.2, 0.25) is 5.91 Å². The lowest BCUT2D eigenvalue weighted by Crippen LogP contribution is -2.51. The topological polar surface area (TPSA) is 53.6 Å². The molecule has 5 nitrogen and oxygen atoms in total. The number of hydrogen-bond donors (Lipinski definition) is 2. The second kappa shape index (κ2) is 8.75. The summed E-state index contributed by atoms with van der Waals surface area (Å²) in [5, 5.41) is 6.77. The van der Waals surface area contributed by atoms with Crippen molar-refractivity contribution >= 4 is 5.91 Å². The standard InChI is InChI=1S/C21H36FN3O2/c1-14-6-7-18(22)17-13-19(24-20(14)17)21(26)23-15-4-2-5-16(12-15)25-8-3-10-27-11-9-25/h14-20,24H,2-13H2,1H3,(H,23,26)/t14?,15-,16-,17?,18?,19?,20?/m0/s1. The lowest BCUT2D eigenvalue weighted by atomic mass is 9.77. The van der Waals surface area contributed by atoms with Gasteiger partial charge >= 0.3 is 0 Å². The number of alkyl halides is 1. The summed E-state index contributed by atoms with van der Waals surface area (Å²) in [4.78, 5) is 15.4. The van der Waals surface area contributed by atoms with Crippen LogP contribution in [0.3, 0.4) is 0 Å². The maximum atomic E-state index is 14.3. The summed E-state index contributed by atoms with van der Waals surface area (Å²) in [6.45, 7) is 5.99. The maximum Gasteiger partial charge on any atom is 0.237 e. The van der Waals surface area contributed by atoms with Gasteiger partial charge in [0.1, 0.15) is 6.17 Å². The highest BCUT2D eigenvalue weighted by atomic mass is 19.1. The Hall–Kier alpha value is -0.720. The number of nitrogens with zero attached hydrogens (tertiary/aromatic N) is 1. The van der Waals surface area contributed by atoms with Gasteiger partial charge in [-0.1, -0.05) is 6.92 Å². The zero-order chi connectivity index (χ0) is 18.8. The second-order valence-corrected chi connectivity index (χ2v) is 9.24. The van der Waals surface area contributed by atoms with Gasteiger partial charge in [0.25, 0.3) is 0 Å². The van der Waals surface area contributed by atoms with Crippen LogP contribution in [0.5, 0.6) is 0 Å². The number of halogens is 1. The van der Waals surface area contributed by atoms with Gasteiger partial charge in [0, 0.05) is 43.7 Å². The van der Waals surface area contributed by atoms with E-state index in [1.807, 2.05) is 0 Å². The van der Waals surface area contributed by atoms with Gasteiger partial charge in [0.15, 0.2) is 0 Å². The molecule has 4 aliphatic rings. The number of fused-ring (bicyclic) bond motifs is 1. The van der Waals surface area contributed by atoms with E-state index in [1.165, 1.54) is 12.8 Å². The van der Waals surface area contributed by atoms with E-state index in [0.717, 1.165) is 52.0 Å². The van der Waals surface area contributed by atoms with Crippen molar-refractivity contribution in [3.63, 3.8) is 0 Å². The molecule has 2 saturated carbocycles. The molecule has 27 heavy (non-hydrogen) atoms. The molecule has 2 aliphatic heterocycles. The third-order valence-electron chi connectivity index (χ3n) is 7.42. The van der Waals surface area contributed by atoms with Gasteiger partial charge in [0.05, 0.1) is 12.6 Å². The highest BCUT2D eigenvalue weighted by molar-refractivity contribution is 5.82. The number of nitrogens with one attached hydrogen (secondary N) is 2. The van der Waals surface area contributed by atoms with E-state index in [9.17, 15) is 9.18 Å². The molecule has 2 saturated heterocycles. The SMILES string of the molecule is CC1CCC(F)C2CC(C(=O)N[C@H]3CCC[C@H](N4CCCOCC4)C3)NC12. The van der Waals surface area contributed by atoms with Gasteiger partial charge in [-0.3, -0.25) is 9.69 Å². The Labute approximate surface area is 162 Å². The van der Waals surface area contributed by atoms with Crippen molar-refractivity contribution in [1.29, 1.82) is 0 Å². The average molecular weight is 382 g/mol. The van der Waals surface area contributed by atoms with E-state index in [0.29, 0.717) is 24.8 Å². The van der Waals surface area contributed by atoms with E-state index < -0.39 is 6.17 Å². The third kappa shape index (κ3) is 4.48.